The Hall–Kier alpha value is -2.36. The number of aromatic nitrogens is 3. The lowest BCUT2D eigenvalue weighted by molar-refractivity contribution is 0.413. The van der Waals surface area contributed by atoms with Crippen LogP contribution in [-0.2, 0) is 13.0 Å². The van der Waals surface area contributed by atoms with Crippen LogP contribution in [-0.4, -0.2) is 21.6 Å². The molecule has 4 heteroatoms. The standard InChI is InChI=1S/C17H19N3O/c1-4-17-19-15-7-5-6-8-16(15)20(17)11-13-10-14(21-3)9-12(2)18-13/h5-10H,4,11H2,1-3H3. The van der Waals surface area contributed by atoms with Crippen molar-refractivity contribution in [2.45, 2.75) is 26.8 Å². The highest BCUT2D eigenvalue weighted by Gasteiger charge is 2.10. The van der Waals surface area contributed by atoms with Gasteiger partial charge in [-0.15, -0.1) is 0 Å². The molecule has 0 unspecified atom stereocenters. The predicted octanol–water partition coefficient (Wildman–Crippen LogP) is 3.36. The normalized spacial score (nSPS) is 11.0. The summed E-state index contributed by atoms with van der Waals surface area (Å²) < 4.78 is 7.57. The number of imidazole rings is 1. The zero-order valence-corrected chi connectivity index (χ0v) is 12.6. The van der Waals surface area contributed by atoms with Gasteiger partial charge in [-0.25, -0.2) is 4.98 Å². The molecule has 0 radical (unpaired) electrons. The van der Waals surface area contributed by atoms with Gasteiger partial charge in [0.1, 0.15) is 11.6 Å². The molecular weight excluding hydrogens is 262 g/mol. The van der Waals surface area contributed by atoms with E-state index in [1.165, 1.54) is 0 Å². The molecule has 0 saturated heterocycles. The topological polar surface area (TPSA) is 39.9 Å². The third kappa shape index (κ3) is 2.61. The lowest BCUT2D eigenvalue weighted by atomic mass is 10.2. The zero-order chi connectivity index (χ0) is 14.8. The number of benzene rings is 1. The molecule has 0 amide bonds. The molecule has 0 N–H and O–H groups in total. The summed E-state index contributed by atoms with van der Waals surface area (Å²) in [5.74, 6) is 1.93. The van der Waals surface area contributed by atoms with Gasteiger partial charge in [0.05, 0.1) is 30.4 Å². The summed E-state index contributed by atoms with van der Waals surface area (Å²) in [5.41, 5.74) is 4.14. The van der Waals surface area contributed by atoms with Gasteiger partial charge in [0.2, 0.25) is 0 Å². The minimum absolute atomic E-state index is 0.710. The SMILES string of the molecule is CCc1nc2ccccc2n1Cc1cc(OC)cc(C)n1. The number of rotatable bonds is 4. The number of pyridine rings is 1. The van der Waals surface area contributed by atoms with Crippen molar-refractivity contribution in [3.8, 4) is 5.75 Å². The lowest BCUT2D eigenvalue weighted by Gasteiger charge is -2.10. The fraction of sp³-hybridized carbons (Fsp3) is 0.294. The molecule has 0 saturated carbocycles. The number of nitrogens with zero attached hydrogens (tertiary/aromatic N) is 3. The van der Waals surface area contributed by atoms with Crippen molar-refractivity contribution in [1.82, 2.24) is 14.5 Å². The third-order valence-electron chi connectivity index (χ3n) is 3.59. The Balaban J connectivity index is 2.07. The zero-order valence-electron chi connectivity index (χ0n) is 12.6. The molecule has 3 rings (SSSR count). The second kappa shape index (κ2) is 5.56. The summed E-state index contributed by atoms with van der Waals surface area (Å²) in [6.07, 6.45) is 0.900. The monoisotopic (exact) mass is 281 g/mol. The molecule has 108 valence electrons. The van der Waals surface area contributed by atoms with Crippen LogP contribution in [0.5, 0.6) is 5.75 Å². The molecule has 0 spiro atoms. The van der Waals surface area contributed by atoms with Crippen LogP contribution in [0.2, 0.25) is 0 Å². The molecule has 0 aliphatic carbocycles. The van der Waals surface area contributed by atoms with Gasteiger partial charge in [0.25, 0.3) is 0 Å². The number of hydrogen-bond acceptors (Lipinski definition) is 3. The highest BCUT2D eigenvalue weighted by molar-refractivity contribution is 5.76. The number of para-hydroxylation sites is 2. The molecule has 2 aromatic heterocycles. The van der Waals surface area contributed by atoms with E-state index in [0.29, 0.717) is 6.54 Å². The van der Waals surface area contributed by atoms with Crippen molar-refractivity contribution in [3.05, 3.63) is 53.6 Å². The maximum absolute atomic E-state index is 5.33. The average molecular weight is 281 g/mol. The maximum Gasteiger partial charge on any atom is 0.122 e. The van der Waals surface area contributed by atoms with Crippen molar-refractivity contribution in [2.75, 3.05) is 7.11 Å². The largest absolute Gasteiger partial charge is 0.497 e. The molecular formula is C17H19N3O. The molecule has 3 aromatic rings. The first-order valence-corrected chi connectivity index (χ1v) is 7.17. The molecule has 4 nitrogen and oxygen atoms in total. The molecule has 1 aromatic carbocycles. The maximum atomic E-state index is 5.33. The summed E-state index contributed by atoms with van der Waals surface area (Å²) in [4.78, 5) is 9.31. The van der Waals surface area contributed by atoms with E-state index < -0.39 is 0 Å². The smallest absolute Gasteiger partial charge is 0.122 e. The van der Waals surface area contributed by atoms with Crippen LogP contribution in [0.3, 0.4) is 0 Å². The van der Waals surface area contributed by atoms with Gasteiger partial charge >= 0.3 is 0 Å². The molecule has 0 aliphatic heterocycles. The first-order chi connectivity index (χ1) is 10.2. The van der Waals surface area contributed by atoms with Crippen molar-refractivity contribution < 1.29 is 4.74 Å². The summed E-state index contributed by atoms with van der Waals surface area (Å²) >= 11 is 0. The molecule has 0 atom stereocenters. The Bertz CT molecular complexity index is 777. The molecule has 0 fully saturated rings. The van der Waals surface area contributed by atoms with Crippen LogP contribution in [0.1, 0.15) is 24.1 Å². The van der Waals surface area contributed by atoms with E-state index in [4.69, 9.17) is 9.72 Å². The van der Waals surface area contributed by atoms with E-state index in [1.807, 2.05) is 31.2 Å². The van der Waals surface area contributed by atoms with Crippen LogP contribution in [0.25, 0.3) is 11.0 Å². The Morgan fingerprint density at radius 3 is 2.71 bits per heavy atom. The highest BCUT2D eigenvalue weighted by Crippen LogP contribution is 2.20. The fourth-order valence-corrected chi connectivity index (χ4v) is 2.64. The van der Waals surface area contributed by atoms with E-state index in [1.54, 1.807) is 7.11 Å². The van der Waals surface area contributed by atoms with Crippen LogP contribution in [0.4, 0.5) is 0 Å². The summed E-state index contributed by atoms with van der Waals surface area (Å²) in [5, 5.41) is 0. The van der Waals surface area contributed by atoms with Gasteiger partial charge in [0.15, 0.2) is 0 Å². The van der Waals surface area contributed by atoms with Crippen LogP contribution >= 0.6 is 0 Å². The first-order valence-electron chi connectivity index (χ1n) is 7.17. The predicted molar refractivity (Wildman–Crippen MR) is 83.7 cm³/mol. The van der Waals surface area contributed by atoms with Gasteiger partial charge in [0, 0.05) is 24.2 Å². The second-order valence-electron chi connectivity index (χ2n) is 5.10. The van der Waals surface area contributed by atoms with Crippen LogP contribution in [0.15, 0.2) is 36.4 Å². The fourth-order valence-electron chi connectivity index (χ4n) is 2.64. The number of aryl methyl sites for hydroxylation is 2. The summed E-state index contributed by atoms with van der Waals surface area (Å²) in [6.45, 7) is 4.82. The molecule has 21 heavy (non-hydrogen) atoms. The summed E-state index contributed by atoms with van der Waals surface area (Å²) in [7, 11) is 1.68. The van der Waals surface area contributed by atoms with E-state index in [0.717, 1.165) is 40.4 Å². The lowest BCUT2D eigenvalue weighted by Crippen LogP contribution is -2.06. The van der Waals surface area contributed by atoms with Crippen LogP contribution in [0, 0.1) is 6.92 Å². The second-order valence-corrected chi connectivity index (χ2v) is 5.10. The quantitative estimate of drug-likeness (QED) is 0.736. The van der Waals surface area contributed by atoms with Crippen LogP contribution < -0.4 is 4.74 Å². The Labute approximate surface area is 124 Å². The molecule has 0 bridgehead atoms. The van der Waals surface area contributed by atoms with Crippen molar-refractivity contribution >= 4 is 11.0 Å². The van der Waals surface area contributed by atoms with Gasteiger partial charge in [-0.2, -0.15) is 0 Å². The van der Waals surface area contributed by atoms with Gasteiger partial charge in [-0.3, -0.25) is 4.98 Å². The van der Waals surface area contributed by atoms with E-state index >= 15 is 0 Å². The van der Waals surface area contributed by atoms with Gasteiger partial charge < -0.3 is 9.30 Å². The number of ether oxygens (including phenoxy) is 1. The number of methoxy groups -OCH3 is 1. The van der Waals surface area contributed by atoms with Gasteiger partial charge in [-0.1, -0.05) is 19.1 Å². The summed E-state index contributed by atoms with van der Waals surface area (Å²) in [6, 6.07) is 12.2. The highest BCUT2D eigenvalue weighted by atomic mass is 16.5. The van der Waals surface area contributed by atoms with Gasteiger partial charge in [-0.05, 0) is 19.1 Å². The van der Waals surface area contributed by atoms with Crippen molar-refractivity contribution in [3.63, 3.8) is 0 Å². The average Bonchev–Trinajstić information content (AvgIpc) is 2.85. The van der Waals surface area contributed by atoms with Crippen molar-refractivity contribution in [1.29, 1.82) is 0 Å². The molecule has 2 heterocycles. The Kier molecular flexibility index (Phi) is 3.60. The van der Waals surface area contributed by atoms with E-state index in [9.17, 15) is 0 Å². The van der Waals surface area contributed by atoms with E-state index in [-0.39, 0.29) is 0 Å². The van der Waals surface area contributed by atoms with Crippen molar-refractivity contribution in [2.24, 2.45) is 0 Å². The number of fused-ring (bicyclic) bond motifs is 1. The Morgan fingerprint density at radius 1 is 1.14 bits per heavy atom. The van der Waals surface area contributed by atoms with E-state index in [2.05, 4.69) is 28.6 Å². The number of hydrogen-bond donors (Lipinski definition) is 0. The minimum atomic E-state index is 0.710. The minimum Gasteiger partial charge on any atom is -0.497 e. The first kappa shape index (κ1) is 13.6. The Morgan fingerprint density at radius 2 is 1.95 bits per heavy atom. The third-order valence-corrected chi connectivity index (χ3v) is 3.59. The molecule has 0 aliphatic rings.